The Morgan fingerprint density at radius 2 is 1.43 bits per heavy atom. The number of hydrogen-bond donors (Lipinski definition) is 0. The zero-order valence-corrected chi connectivity index (χ0v) is 25.7. The highest BCUT2D eigenvalue weighted by atomic mass is 19.4. The minimum absolute atomic E-state index is 0.188. The SMILES string of the molecule is CC(F)(F)F.CC(F)(F)F.Cc1nc(-c2nc(-c3ccccc3)no2)nn1Cc1cc[nH+]c(N2CCC(C)CC2)c1.O=C=O.O=C=O. The van der Waals surface area contributed by atoms with Crippen LogP contribution in [0, 0.1) is 12.8 Å². The fourth-order valence-corrected chi connectivity index (χ4v) is 3.88. The van der Waals surface area contributed by atoms with E-state index >= 15 is 0 Å². The summed E-state index contributed by atoms with van der Waals surface area (Å²) in [6.45, 7) is 7.45. The summed E-state index contributed by atoms with van der Waals surface area (Å²) in [6, 6.07) is 14.0. The first-order valence-electron chi connectivity index (χ1n) is 13.7. The first-order chi connectivity index (χ1) is 22.0. The molecule has 0 radical (unpaired) electrons. The van der Waals surface area contributed by atoms with Gasteiger partial charge in [-0.3, -0.25) is 4.90 Å². The van der Waals surface area contributed by atoms with Crippen LogP contribution in [-0.2, 0) is 25.7 Å². The van der Waals surface area contributed by atoms with Crippen LogP contribution in [0.2, 0.25) is 0 Å². The Labute approximate surface area is 264 Å². The van der Waals surface area contributed by atoms with Gasteiger partial charge in [-0.25, -0.2) is 14.6 Å². The van der Waals surface area contributed by atoms with Gasteiger partial charge < -0.3 is 4.52 Å². The number of carbonyl (C=O) groups excluding carboxylic acids is 4. The van der Waals surface area contributed by atoms with Crippen molar-refractivity contribution < 1.29 is 55.0 Å². The number of nitrogens with one attached hydrogen (secondary N) is 1. The van der Waals surface area contributed by atoms with Crippen molar-refractivity contribution in [2.45, 2.75) is 59.4 Å². The zero-order chi connectivity index (χ0) is 35.6. The predicted octanol–water partition coefficient (Wildman–Crippen LogP) is 5.37. The number of H-pyrrole nitrogens is 1. The number of pyridine rings is 1. The van der Waals surface area contributed by atoms with E-state index in [1.54, 1.807) is 0 Å². The zero-order valence-electron chi connectivity index (χ0n) is 25.7. The summed E-state index contributed by atoms with van der Waals surface area (Å²) >= 11 is 0. The summed E-state index contributed by atoms with van der Waals surface area (Å²) in [7, 11) is 0. The number of halogens is 6. The highest BCUT2D eigenvalue weighted by Crippen LogP contribution is 2.22. The second kappa shape index (κ2) is 19.3. The molecule has 5 rings (SSSR count). The molecule has 0 atom stereocenters. The topological polar surface area (TPSA) is 155 Å². The van der Waals surface area contributed by atoms with Crippen LogP contribution in [0.25, 0.3) is 23.1 Å². The first kappa shape index (κ1) is 39.8. The van der Waals surface area contributed by atoms with Crippen LogP contribution in [0.15, 0.2) is 53.2 Å². The molecule has 1 N–H and O–H groups in total. The summed E-state index contributed by atoms with van der Waals surface area (Å²) in [5.41, 5.74) is 2.07. The van der Waals surface area contributed by atoms with Gasteiger partial charge in [0.15, 0.2) is 0 Å². The average Bonchev–Trinajstić information content (AvgIpc) is 3.61. The average molecular weight is 673 g/mol. The van der Waals surface area contributed by atoms with Crippen LogP contribution in [0.1, 0.15) is 45.0 Å². The molecule has 0 unspecified atom stereocenters. The van der Waals surface area contributed by atoms with E-state index in [-0.39, 0.29) is 26.2 Å². The van der Waals surface area contributed by atoms with Crippen LogP contribution in [0.3, 0.4) is 0 Å². The van der Waals surface area contributed by atoms with E-state index in [0.717, 1.165) is 36.2 Å². The summed E-state index contributed by atoms with van der Waals surface area (Å²) in [5.74, 6) is 4.07. The molecule has 47 heavy (non-hydrogen) atoms. The molecule has 0 spiro atoms. The van der Waals surface area contributed by atoms with Gasteiger partial charge >= 0.3 is 24.7 Å². The van der Waals surface area contributed by atoms with E-state index in [0.29, 0.717) is 24.1 Å². The van der Waals surface area contributed by atoms with E-state index in [2.05, 4.69) is 49.2 Å². The third-order valence-electron chi connectivity index (χ3n) is 5.81. The van der Waals surface area contributed by atoms with Gasteiger partial charge in [-0.05, 0) is 37.3 Å². The van der Waals surface area contributed by atoms with Crippen molar-refractivity contribution in [3.63, 3.8) is 0 Å². The van der Waals surface area contributed by atoms with Crippen molar-refractivity contribution in [2.24, 2.45) is 5.92 Å². The lowest BCUT2D eigenvalue weighted by molar-refractivity contribution is -0.364. The largest absolute Gasteiger partial charge is 0.386 e. The second-order valence-corrected chi connectivity index (χ2v) is 9.91. The maximum atomic E-state index is 10.4. The van der Waals surface area contributed by atoms with Gasteiger partial charge in [0.1, 0.15) is 5.82 Å². The fourth-order valence-electron chi connectivity index (χ4n) is 3.88. The number of anilines is 1. The Morgan fingerprint density at radius 3 is 1.96 bits per heavy atom. The Bertz CT molecular complexity index is 1520. The van der Waals surface area contributed by atoms with E-state index in [9.17, 15) is 26.3 Å². The highest BCUT2D eigenvalue weighted by Gasteiger charge is 2.23. The summed E-state index contributed by atoms with van der Waals surface area (Å²) in [6.07, 6.45) is -3.03. The van der Waals surface area contributed by atoms with E-state index in [1.807, 2.05) is 48.1 Å². The number of aryl methyl sites for hydroxylation is 1. The molecule has 1 aliphatic heterocycles. The van der Waals surface area contributed by atoms with Crippen LogP contribution in [0.4, 0.5) is 32.2 Å². The molecule has 0 aliphatic carbocycles. The molecule has 12 nitrogen and oxygen atoms in total. The molecule has 4 heterocycles. The molecule has 1 aromatic carbocycles. The summed E-state index contributed by atoms with van der Waals surface area (Å²) < 4.78 is 69.4. The normalized spacial score (nSPS) is 12.7. The maximum Gasteiger partial charge on any atom is 0.386 e. The van der Waals surface area contributed by atoms with E-state index in [1.165, 1.54) is 18.4 Å². The number of hydrogen-bond acceptors (Lipinski definition) is 10. The van der Waals surface area contributed by atoms with Crippen molar-refractivity contribution in [1.29, 1.82) is 0 Å². The number of alkyl halides is 6. The van der Waals surface area contributed by atoms with Gasteiger partial charge in [0.05, 0.1) is 25.8 Å². The number of aromatic amines is 1. The van der Waals surface area contributed by atoms with Crippen molar-refractivity contribution in [1.82, 2.24) is 24.9 Å². The van der Waals surface area contributed by atoms with Gasteiger partial charge in [0.25, 0.3) is 11.7 Å². The molecule has 1 fully saturated rings. The third-order valence-corrected chi connectivity index (χ3v) is 5.81. The molecular formula is C29H32F6N7O5+. The quantitative estimate of drug-likeness (QED) is 0.253. The number of benzene rings is 1. The van der Waals surface area contributed by atoms with Gasteiger partial charge in [-0.1, -0.05) is 42.4 Å². The Kier molecular flexibility index (Phi) is 16.4. The molecule has 0 amide bonds. The Hall–Kier alpha value is -5.21. The second-order valence-electron chi connectivity index (χ2n) is 9.91. The smallest absolute Gasteiger partial charge is 0.330 e. The highest BCUT2D eigenvalue weighted by molar-refractivity contribution is 5.56. The molecule has 254 valence electrons. The first-order valence-corrected chi connectivity index (χ1v) is 13.7. The minimum atomic E-state index is -4.00. The summed E-state index contributed by atoms with van der Waals surface area (Å²) in [5, 5.41) is 8.69. The van der Waals surface area contributed by atoms with Gasteiger partial charge in [0, 0.05) is 25.5 Å². The van der Waals surface area contributed by atoms with Crippen molar-refractivity contribution >= 4 is 18.1 Å². The van der Waals surface area contributed by atoms with Crippen molar-refractivity contribution in [3.8, 4) is 23.1 Å². The number of nitrogens with zero attached hydrogens (tertiary/aromatic N) is 6. The Balaban J connectivity index is 0.000000580. The third kappa shape index (κ3) is 17.2. The lowest BCUT2D eigenvalue weighted by Gasteiger charge is -2.25. The number of piperidine rings is 1. The fraction of sp³-hybridized carbons (Fsp3) is 0.414. The minimum Gasteiger partial charge on any atom is -0.330 e. The molecule has 4 aromatic rings. The lowest BCUT2D eigenvalue weighted by atomic mass is 9.99. The standard InChI is InChI=1S/C23H25N7O.2C2H3F3.2CO2/c1-16-9-12-29(13-10-16)20-14-18(8-11-24-20)15-30-17(2)25-22(27-30)23-26-21(28-31-23)19-6-4-3-5-7-19;2*1-2(3,4)5;2*2-1-3/h3-8,11,14,16H,9-10,12-13,15H2,1-2H3;2*1H3;;/p+1. The van der Waals surface area contributed by atoms with Crippen LogP contribution >= 0.6 is 0 Å². The van der Waals surface area contributed by atoms with Gasteiger partial charge in [0.2, 0.25) is 11.6 Å². The van der Waals surface area contributed by atoms with Crippen LogP contribution < -0.4 is 9.88 Å². The number of aromatic nitrogens is 6. The molecular weight excluding hydrogens is 640 g/mol. The predicted molar refractivity (Wildman–Crippen MR) is 150 cm³/mol. The van der Waals surface area contributed by atoms with E-state index < -0.39 is 12.4 Å². The molecule has 1 saturated heterocycles. The molecule has 1 aliphatic rings. The van der Waals surface area contributed by atoms with Crippen molar-refractivity contribution in [2.75, 3.05) is 18.0 Å². The molecule has 0 bridgehead atoms. The molecule has 0 saturated carbocycles. The molecule has 18 heteroatoms. The number of rotatable bonds is 5. The van der Waals surface area contributed by atoms with Crippen molar-refractivity contribution in [3.05, 3.63) is 60.0 Å². The summed E-state index contributed by atoms with van der Waals surface area (Å²) in [4.78, 5) is 47.3. The van der Waals surface area contributed by atoms with Crippen LogP contribution in [0.5, 0.6) is 0 Å². The van der Waals surface area contributed by atoms with Crippen LogP contribution in [-0.4, -0.2) is 62.7 Å². The van der Waals surface area contributed by atoms with Gasteiger partial charge in [-0.2, -0.15) is 50.5 Å². The maximum absolute atomic E-state index is 10.4. The Morgan fingerprint density at radius 1 is 0.894 bits per heavy atom. The monoisotopic (exact) mass is 672 g/mol. The lowest BCUT2D eigenvalue weighted by Crippen LogP contribution is -2.36. The van der Waals surface area contributed by atoms with E-state index in [4.69, 9.17) is 23.7 Å². The van der Waals surface area contributed by atoms with Gasteiger partial charge in [-0.15, -0.1) is 5.10 Å². The molecule has 3 aromatic heterocycles.